The molecule has 0 aliphatic carbocycles. The normalized spacial score (nSPS) is 10.6. The molecule has 0 bridgehead atoms. The van der Waals surface area contributed by atoms with Gasteiger partial charge in [0.15, 0.2) is 11.0 Å². The number of nitrogens with zero attached hydrogens (tertiary/aromatic N) is 3. The van der Waals surface area contributed by atoms with Gasteiger partial charge < -0.3 is 15.2 Å². The summed E-state index contributed by atoms with van der Waals surface area (Å²) in [4.78, 5) is 24.8. The number of rotatable bonds is 9. The third kappa shape index (κ3) is 6.13. The summed E-state index contributed by atoms with van der Waals surface area (Å²) < 4.78 is 2.49. The molecule has 0 spiro atoms. The molecule has 1 heterocycles. The van der Waals surface area contributed by atoms with Crippen molar-refractivity contribution >= 4 is 68.4 Å². The van der Waals surface area contributed by atoms with Crippen LogP contribution in [0.5, 0.6) is 0 Å². The smallest absolute Gasteiger partial charge is 0.252 e. The zero-order valence-corrected chi connectivity index (χ0v) is 20.6. The minimum Gasteiger partial charge on any atom is -0.345 e. The highest BCUT2D eigenvalue weighted by Crippen LogP contribution is 2.29. The first kappa shape index (κ1) is 24.3. The van der Waals surface area contributed by atoms with E-state index in [1.54, 1.807) is 47.0 Å². The van der Waals surface area contributed by atoms with E-state index in [1.807, 2.05) is 6.07 Å². The minimum absolute atomic E-state index is 0.0848. The maximum atomic E-state index is 12.5. The SMILES string of the molecule is C=CCn1c(CNC(=O)c2ccccc2Br)nnc1SCC(=O)Nc1cccc(Cl)c1Cl. The molecule has 2 aromatic carbocycles. The van der Waals surface area contributed by atoms with Crippen molar-refractivity contribution in [3.05, 3.63) is 81.0 Å². The summed E-state index contributed by atoms with van der Waals surface area (Å²) in [5.74, 6) is 0.126. The van der Waals surface area contributed by atoms with Crippen LogP contribution in [0.15, 0.2) is 64.7 Å². The van der Waals surface area contributed by atoms with Crippen LogP contribution < -0.4 is 10.6 Å². The maximum absolute atomic E-state index is 12.5. The molecule has 0 saturated heterocycles. The lowest BCUT2D eigenvalue weighted by molar-refractivity contribution is -0.113. The lowest BCUT2D eigenvalue weighted by atomic mass is 10.2. The summed E-state index contributed by atoms with van der Waals surface area (Å²) in [6.07, 6.45) is 1.69. The van der Waals surface area contributed by atoms with Crippen LogP contribution in [0.4, 0.5) is 5.69 Å². The van der Waals surface area contributed by atoms with E-state index in [-0.39, 0.29) is 29.1 Å². The highest BCUT2D eigenvalue weighted by atomic mass is 79.9. The summed E-state index contributed by atoms with van der Waals surface area (Å²) in [6.45, 7) is 4.36. The van der Waals surface area contributed by atoms with Crippen molar-refractivity contribution in [1.82, 2.24) is 20.1 Å². The zero-order chi connectivity index (χ0) is 23.1. The molecule has 0 fully saturated rings. The Balaban J connectivity index is 1.63. The number of anilines is 1. The van der Waals surface area contributed by atoms with E-state index in [4.69, 9.17) is 23.2 Å². The molecule has 0 aliphatic rings. The van der Waals surface area contributed by atoms with E-state index in [9.17, 15) is 9.59 Å². The molecule has 7 nitrogen and oxygen atoms in total. The Bertz CT molecular complexity index is 1150. The fourth-order valence-electron chi connectivity index (χ4n) is 2.69. The van der Waals surface area contributed by atoms with E-state index in [0.29, 0.717) is 38.3 Å². The van der Waals surface area contributed by atoms with Crippen molar-refractivity contribution in [2.45, 2.75) is 18.2 Å². The first-order valence-electron chi connectivity index (χ1n) is 9.33. The number of nitrogens with one attached hydrogen (secondary N) is 2. The predicted octanol–water partition coefficient (Wildman–Crippen LogP) is 5.19. The topological polar surface area (TPSA) is 88.9 Å². The van der Waals surface area contributed by atoms with Crippen molar-refractivity contribution in [3.8, 4) is 0 Å². The van der Waals surface area contributed by atoms with Gasteiger partial charge in [0.05, 0.1) is 33.6 Å². The molecule has 0 atom stereocenters. The van der Waals surface area contributed by atoms with Gasteiger partial charge in [-0.2, -0.15) is 0 Å². The summed E-state index contributed by atoms with van der Waals surface area (Å²) in [5.41, 5.74) is 0.959. The first-order chi connectivity index (χ1) is 15.4. The molecule has 166 valence electrons. The molecule has 0 saturated carbocycles. The monoisotopic (exact) mass is 553 g/mol. The van der Waals surface area contributed by atoms with E-state index in [1.165, 1.54) is 11.8 Å². The molecule has 32 heavy (non-hydrogen) atoms. The van der Waals surface area contributed by atoms with Gasteiger partial charge in [-0.15, -0.1) is 16.8 Å². The number of halogens is 3. The highest BCUT2D eigenvalue weighted by Gasteiger charge is 2.16. The van der Waals surface area contributed by atoms with Crippen molar-refractivity contribution < 1.29 is 9.59 Å². The number of carbonyl (C=O) groups excluding carboxylic acids is 2. The van der Waals surface area contributed by atoms with E-state index >= 15 is 0 Å². The van der Waals surface area contributed by atoms with Crippen molar-refractivity contribution in [3.63, 3.8) is 0 Å². The maximum Gasteiger partial charge on any atom is 0.252 e. The molecule has 1 aromatic heterocycles. The molecule has 0 radical (unpaired) electrons. The molecule has 11 heteroatoms. The third-order valence-corrected chi connectivity index (χ3v) is 6.67. The lowest BCUT2D eigenvalue weighted by Gasteiger charge is -2.10. The van der Waals surface area contributed by atoms with Gasteiger partial charge in [0.2, 0.25) is 5.91 Å². The Kier molecular flexibility index (Phi) is 8.75. The molecule has 0 unspecified atom stereocenters. The second-order valence-corrected chi connectivity index (χ2v) is 8.98. The standard InChI is InChI=1S/C21H18BrCl2N5O2S/c1-2-10-29-17(11-25-20(31)13-6-3-4-7-14(13)22)27-28-21(29)32-12-18(30)26-16-9-5-8-15(23)19(16)24/h2-9H,1,10-12H2,(H,25,31)(H,26,30). The number of amides is 2. The number of allylic oxidation sites excluding steroid dienone is 1. The second kappa shape index (κ2) is 11.5. The van der Waals surface area contributed by atoms with E-state index in [2.05, 4.69) is 43.3 Å². The van der Waals surface area contributed by atoms with Crippen LogP contribution in [-0.2, 0) is 17.9 Å². The van der Waals surface area contributed by atoms with E-state index in [0.717, 1.165) is 0 Å². The minimum atomic E-state index is -0.267. The van der Waals surface area contributed by atoms with Gasteiger partial charge >= 0.3 is 0 Å². The number of thioether (sulfide) groups is 1. The Morgan fingerprint density at radius 1 is 1.16 bits per heavy atom. The molecule has 2 amide bonds. The number of hydrogen-bond acceptors (Lipinski definition) is 5. The molecule has 0 aliphatic heterocycles. The van der Waals surface area contributed by atoms with Gasteiger partial charge in [0, 0.05) is 11.0 Å². The summed E-state index contributed by atoms with van der Waals surface area (Å²) in [6, 6.07) is 12.2. The number of hydrogen-bond donors (Lipinski definition) is 2. The average molecular weight is 555 g/mol. The van der Waals surface area contributed by atoms with Crippen LogP contribution >= 0.6 is 50.9 Å². The van der Waals surface area contributed by atoms with Crippen molar-refractivity contribution in [1.29, 1.82) is 0 Å². The van der Waals surface area contributed by atoms with Gasteiger partial charge in [-0.1, -0.05) is 59.2 Å². The van der Waals surface area contributed by atoms with Crippen LogP contribution in [0.25, 0.3) is 0 Å². The van der Waals surface area contributed by atoms with Crippen LogP contribution in [0.3, 0.4) is 0 Å². The van der Waals surface area contributed by atoms with Gasteiger partial charge in [-0.3, -0.25) is 9.59 Å². The number of carbonyl (C=O) groups is 2. The fraction of sp³-hybridized carbons (Fsp3) is 0.143. The summed E-state index contributed by atoms with van der Waals surface area (Å²) >= 11 is 16.7. The second-order valence-electron chi connectivity index (χ2n) is 6.40. The van der Waals surface area contributed by atoms with Crippen molar-refractivity contribution in [2.75, 3.05) is 11.1 Å². The Hall–Kier alpha value is -2.33. The largest absolute Gasteiger partial charge is 0.345 e. The van der Waals surface area contributed by atoms with E-state index < -0.39 is 0 Å². The van der Waals surface area contributed by atoms with Crippen LogP contribution in [0.2, 0.25) is 10.0 Å². The molecular weight excluding hydrogens is 537 g/mol. The fourth-order valence-corrected chi connectivity index (χ4v) is 4.26. The summed E-state index contributed by atoms with van der Waals surface area (Å²) in [5, 5.41) is 15.0. The average Bonchev–Trinajstić information content (AvgIpc) is 3.16. The Labute approximate surface area is 207 Å². The molecule has 3 rings (SSSR count). The van der Waals surface area contributed by atoms with Gasteiger partial charge in [0.1, 0.15) is 0 Å². The Morgan fingerprint density at radius 2 is 1.94 bits per heavy atom. The van der Waals surface area contributed by atoms with Gasteiger partial charge in [0.25, 0.3) is 5.91 Å². The highest BCUT2D eigenvalue weighted by molar-refractivity contribution is 9.10. The third-order valence-electron chi connectivity index (χ3n) is 4.19. The number of aromatic nitrogens is 3. The summed E-state index contributed by atoms with van der Waals surface area (Å²) in [7, 11) is 0. The van der Waals surface area contributed by atoms with Crippen LogP contribution in [0.1, 0.15) is 16.2 Å². The molecule has 2 N–H and O–H groups in total. The van der Waals surface area contributed by atoms with Crippen LogP contribution in [0, 0.1) is 0 Å². The zero-order valence-electron chi connectivity index (χ0n) is 16.6. The quantitative estimate of drug-likeness (QED) is 0.280. The van der Waals surface area contributed by atoms with Gasteiger partial charge in [-0.25, -0.2) is 0 Å². The number of benzene rings is 2. The Morgan fingerprint density at radius 3 is 2.69 bits per heavy atom. The lowest BCUT2D eigenvalue weighted by Crippen LogP contribution is -2.25. The van der Waals surface area contributed by atoms with Gasteiger partial charge in [-0.05, 0) is 40.2 Å². The van der Waals surface area contributed by atoms with Crippen molar-refractivity contribution in [2.24, 2.45) is 0 Å². The molecule has 3 aromatic rings. The predicted molar refractivity (Wildman–Crippen MR) is 131 cm³/mol. The molecular formula is C21H18BrCl2N5O2S. The van der Waals surface area contributed by atoms with Crippen LogP contribution in [-0.4, -0.2) is 32.3 Å². The first-order valence-corrected chi connectivity index (χ1v) is 11.9.